The lowest BCUT2D eigenvalue weighted by atomic mass is 10.1. The summed E-state index contributed by atoms with van der Waals surface area (Å²) >= 11 is 0. The van der Waals surface area contributed by atoms with Crippen LogP contribution in [0, 0.1) is 13.8 Å². The molecule has 0 unspecified atom stereocenters. The maximum absolute atomic E-state index is 11.7. The molecule has 0 bridgehead atoms. The quantitative estimate of drug-likeness (QED) is 0.847. The zero-order chi connectivity index (χ0) is 12.8. The summed E-state index contributed by atoms with van der Waals surface area (Å²) in [5.41, 5.74) is 9.12. The molecule has 0 fully saturated rings. The molecular weight excluding hydrogens is 212 g/mol. The minimum atomic E-state index is 0.161. The molecule has 0 atom stereocenters. The van der Waals surface area contributed by atoms with Gasteiger partial charge in [-0.25, -0.2) is 0 Å². The number of carbonyl (C=O) groups excluding carboxylic acids is 1. The first-order valence-electron chi connectivity index (χ1n) is 6.04. The first-order valence-corrected chi connectivity index (χ1v) is 6.04. The highest BCUT2D eigenvalue weighted by molar-refractivity contribution is 5.75. The fourth-order valence-electron chi connectivity index (χ4n) is 1.71. The summed E-state index contributed by atoms with van der Waals surface area (Å²) in [7, 11) is 1.84. The lowest BCUT2D eigenvalue weighted by Gasteiger charge is -2.17. The fraction of sp³-hybridized carbons (Fsp3) is 0.500. The van der Waals surface area contributed by atoms with Crippen LogP contribution in [-0.2, 0) is 11.3 Å². The number of nitrogens with zero attached hydrogens (tertiary/aromatic N) is 1. The molecule has 0 aliphatic carbocycles. The fourth-order valence-corrected chi connectivity index (χ4v) is 1.71. The summed E-state index contributed by atoms with van der Waals surface area (Å²) in [5.74, 6) is 0.161. The molecule has 1 amide bonds. The number of hydrogen-bond acceptors (Lipinski definition) is 2. The molecule has 0 aliphatic heterocycles. The van der Waals surface area contributed by atoms with Crippen LogP contribution in [0.4, 0.5) is 0 Å². The molecule has 2 N–H and O–H groups in total. The number of rotatable bonds is 5. The van der Waals surface area contributed by atoms with Gasteiger partial charge in [-0.3, -0.25) is 4.79 Å². The van der Waals surface area contributed by atoms with E-state index in [0.29, 0.717) is 19.5 Å². The highest BCUT2D eigenvalue weighted by Gasteiger charge is 2.08. The van der Waals surface area contributed by atoms with E-state index in [1.807, 2.05) is 7.05 Å². The molecular formula is C14H22N2O. The summed E-state index contributed by atoms with van der Waals surface area (Å²) < 4.78 is 0. The summed E-state index contributed by atoms with van der Waals surface area (Å²) in [4.78, 5) is 13.5. The summed E-state index contributed by atoms with van der Waals surface area (Å²) in [6, 6.07) is 6.32. The van der Waals surface area contributed by atoms with Gasteiger partial charge < -0.3 is 10.6 Å². The first-order chi connectivity index (χ1) is 8.04. The minimum Gasteiger partial charge on any atom is -0.341 e. The van der Waals surface area contributed by atoms with E-state index in [2.05, 4.69) is 32.0 Å². The number of amides is 1. The van der Waals surface area contributed by atoms with E-state index in [0.717, 1.165) is 6.42 Å². The van der Waals surface area contributed by atoms with Gasteiger partial charge >= 0.3 is 0 Å². The second-order valence-electron chi connectivity index (χ2n) is 4.56. The van der Waals surface area contributed by atoms with Gasteiger partial charge in [0.25, 0.3) is 0 Å². The molecule has 0 saturated heterocycles. The van der Waals surface area contributed by atoms with E-state index < -0.39 is 0 Å². The number of benzene rings is 1. The van der Waals surface area contributed by atoms with E-state index in [4.69, 9.17) is 5.73 Å². The van der Waals surface area contributed by atoms with Crippen LogP contribution in [0.2, 0.25) is 0 Å². The maximum atomic E-state index is 11.7. The van der Waals surface area contributed by atoms with E-state index in [-0.39, 0.29) is 5.91 Å². The van der Waals surface area contributed by atoms with Gasteiger partial charge in [0.15, 0.2) is 0 Å². The largest absolute Gasteiger partial charge is 0.341 e. The van der Waals surface area contributed by atoms with Crippen LogP contribution in [-0.4, -0.2) is 24.4 Å². The van der Waals surface area contributed by atoms with E-state index in [1.165, 1.54) is 16.7 Å². The Morgan fingerprint density at radius 2 is 2.00 bits per heavy atom. The third kappa shape index (κ3) is 4.19. The predicted octanol–water partition coefficient (Wildman–Crippen LogP) is 2.00. The Bertz CT molecular complexity index is 388. The van der Waals surface area contributed by atoms with Crippen LogP contribution in [0.3, 0.4) is 0 Å². The van der Waals surface area contributed by atoms with Crippen LogP contribution < -0.4 is 5.73 Å². The standard InChI is InChI=1S/C14H22N2O/c1-11-6-7-13(9-12(11)2)10-16(3)14(17)5-4-8-15/h6-7,9H,4-5,8,10,15H2,1-3H3. The summed E-state index contributed by atoms with van der Waals surface area (Å²) in [6.45, 7) is 5.43. The van der Waals surface area contributed by atoms with Crippen LogP contribution in [0.5, 0.6) is 0 Å². The lowest BCUT2D eigenvalue weighted by Crippen LogP contribution is -2.26. The molecule has 0 radical (unpaired) electrons. The Morgan fingerprint density at radius 1 is 1.29 bits per heavy atom. The lowest BCUT2D eigenvalue weighted by molar-refractivity contribution is -0.130. The molecule has 0 saturated carbocycles. The van der Waals surface area contributed by atoms with Crippen LogP contribution in [0.15, 0.2) is 18.2 Å². The van der Waals surface area contributed by atoms with Gasteiger partial charge in [-0.1, -0.05) is 18.2 Å². The van der Waals surface area contributed by atoms with E-state index >= 15 is 0 Å². The summed E-state index contributed by atoms with van der Waals surface area (Å²) in [5, 5.41) is 0. The smallest absolute Gasteiger partial charge is 0.222 e. The van der Waals surface area contributed by atoms with E-state index in [9.17, 15) is 4.79 Å². The average molecular weight is 234 g/mol. The zero-order valence-corrected chi connectivity index (χ0v) is 11.0. The highest BCUT2D eigenvalue weighted by Crippen LogP contribution is 2.12. The molecule has 94 valence electrons. The Morgan fingerprint density at radius 3 is 2.59 bits per heavy atom. The van der Waals surface area contributed by atoms with Gasteiger partial charge in [0, 0.05) is 20.0 Å². The Kier molecular flexibility index (Phi) is 5.16. The second kappa shape index (κ2) is 6.40. The van der Waals surface area contributed by atoms with Gasteiger partial charge in [-0.15, -0.1) is 0 Å². The normalized spacial score (nSPS) is 10.4. The number of carbonyl (C=O) groups is 1. The monoisotopic (exact) mass is 234 g/mol. The van der Waals surface area contributed by atoms with Crippen LogP contribution >= 0.6 is 0 Å². The highest BCUT2D eigenvalue weighted by atomic mass is 16.2. The van der Waals surface area contributed by atoms with E-state index in [1.54, 1.807) is 4.90 Å². The van der Waals surface area contributed by atoms with Crippen molar-refractivity contribution in [2.45, 2.75) is 33.2 Å². The molecule has 17 heavy (non-hydrogen) atoms. The summed E-state index contributed by atoms with van der Waals surface area (Å²) in [6.07, 6.45) is 1.30. The van der Waals surface area contributed by atoms with Gasteiger partial charge in [0.2, 0.25) is 5.91 Å². The molecule has 1 rings (SSSR count). The number of nitrogens with two attached hydrogens (primary N) is 1. The Balaban J connectivity index is 2.58. The van der Waals surface area contributed by atoms with Crippen molar-refractivity contribution < 1.29 is 4.79 Å². The van der Waals surface area contributed by atoms with Crippen molar-refractivity contribution in [1.82, 2.24) is 4.90 Å². The zero-order valence-electron chi connectivity index (χ0n) is 11.0. The SMILES string of the molecule is Cc1ccc(CN(C)C(=O)CCCN)cc1C. The topological polar surface area (TPSA) is 46.3 Å². The molecule has 1 aromatic rings. The van der Waals surface area contributed by atoms with Gasteiger partial charge in [-0.2, -0.15) is 0 Å². The molecule has 0 aromatic heterocycles. The van der Waals surface area contributed by atoms with Crippen molar-refractivity contribution in [3.05, 3.63) is 34.9 Å². The third-order valence-corrected chi connectivity index (χ3v) is 3.01. The van der Waals surface area contributed by atoms with Crippen molar-refractivity contribution in [3.8, 4) is 0 Å². The van der Waals surface area contributed by atoms with Gasteiger partial charge in [-0.05, 0) is 43.5 Å². The molecule has 0 heterocycles. The van der Waals surface area contributed by atoms with Crippen molar-refractivity contribution in [1.29, 1.82) is 0 Å². The molecule has 0 aliphatic rings. The maximum Gasteiger partial charge on any atom is 0.222 e. The van der Waals surface area contributed by atoms with Crippen molar-refractivity contribution in [2.24, 2.45) is 5.73 Å². The van der Waals surface area contributed by atoms with Crippen LogP contribution in [0.25, 0.3) is 0 Å². The predicted molar refractivity (Wildman–Crippen MR) is 70.7 cm³/mol. The average Bonchev–Trinajstić information content (AvgIpc) is 2.30. The second-order valence-corrected chi connectivity index (χ2v) is 4.56. The first kappa shape index (κ1) is 13.7. The Hall–Kier alpha value is -1.35. The van der Waals surface area contributed by atoms with Crippen molar-refractivity contribution in [2.75, 3.05) is 13.6 Å². The minimum absolute atomic E-state index is 0.161. The molecule has 0 spiro atoms. The number of hydrogen-bond donors (Lipinski definition) is 1. The molecule has 3 heteroatoms. The number of aryl methyl sites for hydroxylation is 2. The third-order valence-electron chi connectivity index (χ3n) is 3.01. The van der Waals surface area contributed by atoms with Crippen molar-refractivity contribution >= 4 is 5.91 Å². The Labute approximate surface area is 104 Å². The van der Waals surface area contributed by atoms with Gasteiger partial charge in [0.1, 0.15) is 0 Å². The van der Waals surface area contributed by atoms with Crippen molar-refractivity contribution in [3.63, 3.8) is 0 Å². The molecule has 1 aromatic carbocycles. The van der Waals surface area contributed by atoms with Gasteiger partial charge in [0.05, 0.1) is 0 Å². The van der Waals surface area contributed by atoms with Crippen LogP contribution in [0.1, 0.15) is 29.5 Å². The molecule has 3 nitrogen and oxygen atoms in total.